The molecule has 0 unspecified atom stereocenters. The summed E-state index contributed by atoms with van der Waals surface area (Å²) in [6, 6.07) is 6.05. The summed E-state index contributed by atoms with van der Waals surface area (Å²) in [5, 5.41) is 32.5. The number of amides is 1. The monoisotopic (exact) mass is 352 g/mol. The van der Waals surface area contributed by atoms with Crippen LogP contribution >= 0.6 is 0 Å². The lowest BCUT2D eigenvalue weighted by Gasteiger charge is -2.22. The molecule has 0 saturated carbocycles. The van der Waals surface area contributed by atoms with Crippen molar-refractivity contribution in [3.63, 3.8) is 0 Å². The summed E-state index contributed by atoms with van der Waals surface area (Å²) in [5.74, 6) is -2.88. The normalized spacial score (nSPS) is 13.1. The van der Waals surface area contributed by atoms with E-state index in [0.717, 1.165) is 24.3 Å². The van der Waals surface area contributed by atoms with E-state index in [1.54, 1.807) is 0 Å². The van der Waals surface area contributed by atoms with Crippen LogP contribution in [0.25, 0.3) is 0 Å². The van der Waals surface area contributed by atoms with Crippen molar-refractivity contribution in [2.45, 2.75) is 12.1 Å². The van der Waals surface area contributed by atoms with Crippen LogP contribution in [0.3, 0.4) is 0 Å². The van der Waals surface area contributed by atoms with Gasteiger partial charge in [-0.1, -0.05) is 0 Å². The minimum absolute atomic E-state index is 0.186. The van der Waals surface area contributed by atoms with Gasteiger partial charge in [-0.3, -0.25) is 14.9 Å². The first-order valence-electron chi connectivity index (χ1n) is 7.12. The highest BCUT2D eigenvalue weighted by molar-refractivity contribution is 5.94. The summed E-state index contributed by atoms with van der Waals surface area (Å²) in [4.78, 5) is 22.0. The molecule has 2 atom stereocenters. The Balaban J connectivity index is 2.15. The van der Waals surface area contributed by atoms with Crippen molar-refractivity contribution < 1.29 is 28.7 Å². The van der Waals surface area contributed by atoms with Crippen LogP contribution in [0, 0.1) is 21.7 Å². The van der Waals surface area contributed by atoms with Crippen molar-refractivity contribution in [3.8, 4) is 0 Å². The van der Waals surface area contributed by atoms with Gasteiger partial charge in [0.1, 0.15) is 17.7 Å². The Morgan fingerprint density at radius 3 is 2.36 bits per heavy atom. The molecule has 2 rings (SSSR count). The van der Waals surface area contributed by atoms with Crippen molar-refractivity contribution in [1.82, 2.24) is 5.32 Å². The Morgan fingerprint density at radius 1 is 1.20 bits per heavy atom. The number of aliphatic hydroxyl groups excluding tert-OH is 2. The van der Waals surface area contributed by atoms with E-state index in [4.69, 9.17) is 0 Å². The Morgan fingerprint density at radius 2 is 1.84 bits per heavy atom. The average molecular weight is 352 g/mol. The highest BCUT2D eigenvalue weighted by Gasteiger charge is 2.24. The van der Waals surface area contributed by atoms with E-state index >= 15 is 0 Å². The average Bonchev–Trinajstić information content (AvgIpc) is 2.58. The predicted molar refractivity (Wildman–Crippen MR) is 82.8 cm³/mol. The summed E-state index contributed by atoms with van der Waals surface area (Å²) >= 11 is 0. The van der Waals surface area contributed by atoms with Gasteiger partial charge in [-0.05, 0) is 29.8 Å². The van der Waals surface area contributed by atoms with E-state index in [1.165, 1.54) is 12.1 Å². The molecule has 1 amide bonds. The predicted octanol–water partition coefficient (Wildman–Crippen LogP) is 1.70. The van der Waals surface area contributed by atoms with Crippen LogP contribution in [0.1, 0.15) is 22.0 Å². The lowest BCUT2D eigenvalue weighted by Crippen LogP contribution is -2.42. The van der Waals surface area contributed by atoms with Crippen LogP contribution in [0.4, 0.5) is 14.5 Å². The zero-order valence-electron chi connectivity index (χ0n) is 12.7. The maximum absolute atomic E-state index is 13.6. The molecule has 9 heteroatoms. The summed E-state index contributed by atoms with van der Waals surface area (Å²) in [7, 11) is 0. The molecule has 2 aromatic rings. The highest BCUT2D eigenvalue weighted by Crippen LogP contribution is 2.21. The number of carbonyl (C=O) groups excluding carboxylic acids is 1. The second-order valence-electron chi connectivity index (χ2n) is 5.18. The third kappa shape index (κ3) is 4.34. The summed E-state index contributed by atoms with van der Waals surface area (Å²) in [6.07, 6.45) is -1.39. The third-order valence-corrected chi connectivity index (χ3v) is 3.52. The third-order valence-electron chi connectivity index (χ3n) is 3.52. The second kappa shape index (κ2) is 7.77. The molecule has 7 nitrogen and oxygen atoms in total. The summed E-state index contributed by atoms with van der Waals surface area (Å²) in [5.41, 5.74) is -0.422. The fourth-order valence-electron chi connectivity index (χ4n) is 2.17. The van der Waals surface area contributed by atoms with Gasteiger partial charge in [-0.15, -0.1) is 0 Å². The minimum atomic E-state index is -1.39. The number of nitro groups is 1. The first-order chi connectivity index (χ1) is 11.8. The Bertz CT molecular complexity index is 783. The number of carbonyl (C=O) groups is 1. The fraction of sp³-hybridized carbons (Fsp3) is 0.188. The molecule has 0 aliphatic heterocycles. The molecule has 0 aliphatic carbocycles. The van der Waals surface area contributed by atoms with E-state index in [9.17, 15) is 33.9 Å². The molecule has 0 heterocycles. The van der Waals surface area contributed by atoms with Crippen LogP contribution in [0.5, 0.6) is 0 Å². The van der Waals surface area contributed by atoms with Gasteiger partial charge in [0, 0.05) is 18.2 Å². The van der Waals surface area contributed by atoms with E-state index in [1.807, 2.05) is 0 Å². The zero-order valence-corrected chi connectivity index (χ0v) is 12.7. The SMILES string of the molecule is O=C(N[C@H](CO)[C@@H](O)c1ccc([N+](=O)[O-])cc1)c1ccc(F)cc1F. The first kappa shape index (κ1) is 18.4. The van der Waals surface area contributed by atoms with Crippen molar-refractivity contribution >= 4 is 11.6 Å². The molecule has 0 radical (unpaired) electrons. The number of nitrogens with one attached hydrogen (secondary N) is 1. The molecule has 0 aromatic heterocycles. The standard InChI is InChI=1S/C16H14F2N2O5/c17-10-3-6-12(13(18)7-10)16(23)19-14(8-21)15(22)9-1-4-11(5-2-9)20(24)25/h1-7,14-15,21-22H,8H2,(H,19,23)/t14-,15+/m1/s1. The lowest BCUT2D eigenvalue weighted by atomic mass is 10.0. The lowest BCUT2D eigenvalue weighted by molar-refractivity contribution is -0.384. The van der Waals surface area contributed by atoms with Gasteiger partial charge in [0.25, 0.3) is 11.6 Å². The van der Waals surface area contributed by atoms with Gasteiger partial charge in [0.2, 0.25) is 0 Å². The molecule has 0 fully saturated rings. The van der Waals surface area contributed by atoms with Crippen LogP contribution in [-0.2, 0) is 0 Å². The molecular weight excluding hydrogens is 338 g/mol. The van der Waals surface area contributed by atoms with Gasteiger partial charge < -0.3 is 15.5 Å². The zero-order chi connectivity index (χ0) is 18.6. The molecular formula is C16H14F2N2O5. The Hall–Kier alpha value is -2.91. The topological polar surface area (TPSA) is 113 Å². The number of nitrogens with zero attached hydrogens (tertiary/aromatic N) is 1. The van der Waals surface area contributed by atoms with E-state index < -0.39 is 46.8 Å². The number of halogens is 2. The quantitative estimate of drug-likeness (QED) is 0.541. The van der Waals surface area contributed by atoms with Crippen LogP contribution in [-0.4, -0.2) is 33.7 Å². The van der Waals surface area contributed by atoms with Gasteiger partial charge >= 0.3 is 0 Å². The summed E-state index contributed by atoms with van der Waals surface area (Å²) in [6.45, 7) is -0.674. The van der Waals surface area contributed by atoms with E-state index in [0.29, 0.717) is 6.07 Å². The van der Waals surface area contributed by atoms with E-state index in [2.05, 4.69) is 5.32 Å². The van der Waals surface area contributed by atoms with Crippen molar-refractivity contribution in [2.75, 3.05) is 6.61 Å². The van der Waals surface area contributed by atoms with Gasteiger partial charge in [-0.25, -0.2) is 8.78 Å². The van der Waals surface area contributed by atoms with Crippen LogP contribution < -0.4 is 5.32 Å². The first-order valence-corrected chi connectivity index (χ1v) is 7.12. The van der Waals surface area contributed by atoms with Crippen molar-refractivity contribution in [3.05, 3.63) is 75.3 Å². The Labute approximate surface area is 140 Å². The van der Waals surface area contributed by atoms with Crippen molar-refractivity contribution in [1.29, 1.82) is 0 Å². The largest absolute Gasteiger partial charge is 0.394 e. The second-order valence-corrected chi connectivity index (χ2v) is 5.18. The molecule has 2 aromatic carbocycles. The molecule has 3 N–H and O–H groups in total. The number of aliphatic hydroxyl groups is 2. The molecule has 132 valence electrons. The van der Waals surface area contributed by atoms with Crippen LogP contribution in [0.2, 0.25) is 0 Å². The summed E-state index contributed by atoms with van der Waals surface area (Å²) < 4.78 is 26.5. The number of hydrogen-bond acceptors (Lipinski definition) is 5. The van der Waals surface area contributed by atoms with E-state index in [-0.39, 0.29) is 11.3 Å². The number of rotatable bonds is 6. The number of nitro benzene ring substituents is 1. The van der Waals surface area contributed by atoms with Gasteiger partial charge in [-0.2, -0.15) is 0 Å². The van der Waals surface area contributed by atoms with Gasteiger partial charge in [0.15, 0.2) is 0 Å². The minimum Gasteiger partial charge on any atom is -0.394 e. The van der Waals surface area contributed by atoms with Gasteiger partial charge in [0.05, 0.1) is 23.1 Å². The smallest absolute Gasteiger partial charge is 0.269 e. The molecule has 0 bridgehead atoms. The maximum atomic E-state index is 13.6. The highest BCUT2D eigenvalue weighted by atomic mass is 19.1. The number of non-ortho nitro benzene ring substituents is 1. The number of benzene rings is 2. The molecule has 0 spiro atoms. The Kier molecular flexibility index (Phi) is 5.73. The van der Waals surface area contributed by atoms with Crippen molar-refractivity contribution in [2.24, 2.45) is 0 Å². The molecule has 25 heavy (non-hydrogen) atoms. The maximum Gasteiger partial charge on any atom is 0.269 e. The fourth-order valence-corrected chi connectivity index (χ4v) is 2.17. The number of hydrogen-bond donors (Lipinski definition) is 3. The molecule has 0 aliphatic rings. The molecule has 0 saturated heterocycles. The van der Waals surface area contributed by atoms with Crippen LogP contribution in [0.15, 0.2) is 42.5 Å².